The SMILES string of the molecule is COc1cc(OC)cc(C(=O)NC2CCN(C(=O)c3ccc(N(C)C)cc3)CC2)c1. The van der Waals surface area contributed by atoms with Crippen LogP contribution in [0.2, 0.25) is 0 Å². The normalized spacial score (nSPS) is 14.2. The summed E-state index contributed by atoms with van der Waals surface area (Å²) in [6.07, 6.45) is 1.43. The summed E-state index contributed by atoms with van der Waals surface area (Å²) >= 11 is 0. The predicted molar refractivity (Wildman–Crippen MR) is 117 cm³/mol. The van der Waals surface area contributed by atoms with E-state index in [0.29, 0.717) is 48.6 Å². The maximum absolute atomic E-state index is 12.8. The molecule has 0 bridgehead atoms. The van der Waals surface area contributed by atoms with Gasteiger partial charge in [-0.25, -0.2) is 0 Å². The van der Waals surface area contributed by atoms with Gasteiger partial charge in [0, 0.05) is 56.1 Å². The molecule has 30 heavy (non-hydrogen) atoms. The lowest BCUT2D eigenvalue weighted by atomic mass is 10.0. The second-order valence-corrected chi connectivity index (χ2v) is 7.58. The number of carbonyl (C=O) groups is 2. The molecule has 1 aliphatic heterocycles. The highest BCUT2D eigenvalue weighted by Gasteiger charge is 2.25. The molecule has 0 aliphatic carbocycles. The van der Waals surface area contributed by atoms with E-state index in [0.717, 1.165) is 5.69 Å². The summed E-state index contributed by atoms with van der Waals surface area (Å²) in [5.41, 5.74) is 2.24. The average Bonchev–Trinajstić information content (AvgIpc) is 2.78. The fraction of sp³-hybridized carbons (Fsp3) is 0.391. The minimum Gasteiger partial charge on any atom is -0.497 e. The topological polar surface area (TPSA) is 71.1 Å². The average molecular weight is 412 g/mol. The number of nitrogens with zero attached hydrogens (tertiary/aromatic N) is 2. The van der Waals surface area contributed by atoms with Crippen LogP contribution in [-0.4, -0.2) is 64.2 Å². The molecule has 3 rings (SSSR count). The molecule has 0 radical (unpaired) electrons. The molecule has 160 valence electrons. The highest BCUT2D eigenvalue weighted by Crippen LogP contribution is 2.23. The third kappa shape index (κ3) is 5.03. The minimum atomic E-state index is -0.170. The van der Waals surface area contributed by atoms with Crippen LogP contribution in [0.3, 0.4) is 0 Å². The summed E-state index contributed by atoms with van der Waals surface area (Å²) in [5, 5.41) is 3.06. The second kappa shape index (κ2) is 9.52. The summed E-state index contributed by atoms with van der Waals surface area (Å²) in [4.78, 5) is 29.3. The quantitative estimate of drug-likeness (QED) is 0.792. The van der Waals surface area contributed by atoms with Gasteiger partial charge in [0.25, 0.3) is 11.8 Å². The number of nitrogens with one attached hydrogen (secondary N) is 1. The van der Waals surface area contributed by atoms with Gasteiger partial charge in [-0.2, -0.15) is 0 Å². The van der Waals surface area contributed by atoms with Crippen molar-refractivity contribution in [2.45, 2.75) is 18.9 Å². The van der Waals surface area contributed by atoms with E-state index in [9.17, 15) is 9.59 Å². The number of likely N-dealkylation sites (tertiary alicyclic amines) is 1. The van der Waals surface area contributed by atoms with Gasteiger partial charge in [0.05, 0.1) is 14.2 Å². The van der Waals surface area contributed by atoms with Gasteiger partial charge >= 0.3 is 0 Å². The standard InChI is InChI=1S/C23H29N3O4/c1-25(2)19-7-5-16(6-8-19)23(28)26-11-9-18(10-12-26)24-22(27)17-13-20(29-3)15-21(14-17)30-4/h5-8,13-15,18H,9-12H2,1-4H3,(H,24,27). The van der Waals surface area contributed by atoms with E-state index in [1.54, 1.807) is 32.4 Å². The van der Waals surface area contributed by atoms with Gasteiger partial charge in [-0.1, -0.05) is 0 Å². The fourth-order valence-corrected chi connectivity index (χ4v) is 3.52. The third-order valence-corrected chi connectivity index (χ3v) is 5.36. The Morgan fingerprint density at radius 2 is 1.50 bits per heavy atom. The van der Waals surface area contributed by atoms with E-state index in [-0.39, 0.29) is 17.9 Å². The van der Waals surface area contributed by atoms with E-state index in [1.807, 2.05) is 48.2 Å². The molecule has 1 heterocycles. The molecule has 0 unspecified atom stereocenters. The lowest BCUT2D eigenvalue weighted by Gasteiger charge is -2.32. The van der Waals surface area contributed by atoms with Crippen LogP contribution in [0.1, 0.15) is 33.6 Å². The van der Waals surface area contributed by atoms with E-state index < -0.39 is 0 Å². The zero-order valence-corrected chi connectivity index (χ0v) is 18.0. The number of hydrogen-bond donors (Lipinski definition) is 1. The smallest absolute Gasteiger partial charge is 0.253 e. The summed E-state index contributed by atoms with van der Waals surface area (Å²) in [7, 11) is 7.05. The zero-order chi connectivity index (χ0) is 21.7. The number of amides is 2. The van der Waals surface area contributed by atoms with Crippen molar-refractivity contribution in [3.8, 4) is 11.5 Å². The number of ether oxygens (including phenoxy) is 2. The summed E-state index contributed by atoms with van der Waals surface area (Å²) in [5.74, 6) is 0.999. The van der Waals surface area contributed by atoms with E-state index in [1.165, 1.54) is 0 Å². The molecule has 7 heteroatoms. The summed E-state index contributed by atoms with van der Waals surface area (Å²) in [6, 6.07) is 12.7. The van der Waals surface area contributed by atoms with Gasteiger partial charge in [0.2, 0.25) is 0 Å². The number of methoxy groups -OCH3 is 2. The van der Waals surface area contributed by atoms with Crippen LogP contribution in [0.4, 0.5) is 5.69 Å². The molecule has 0 spiro atoms. The number of hydrogen-bond acceptors (Lipinski definition) is 5. The third-order valence-electron chi connectivity index (χ3n) is 5.36. The summed E-state index contributed by atoms with van der Waals surface area (Å²) in [6.45, 7) is 1.22. The maximum atomic E-state index is 12.8. The largest absolute Gasteiger partial charge is 0.497 e. The van der Waals surface area contributed by atoms with Crippen molar-refractivity contribution in [2.24, 2.45) is 0 Å². The Hall–Kier alpha value is -3.22. The lowest BCUT2D eigenvalue weighted by Crippen LogP contribution is -2.46. The van der Waals surface area contributed by atoms with Gasteiger partial charge < -0.3 is 24.6 Å². The molecule has 0 aromatic heterocycles. The Labute approximate surface area is 177 Å². The van der Waals surface area contributed by atoms with Crippen LogP contribution in [0.25, 0.3) is 0 Å². The molecule has 7 nitrogen and oxygen atoms in total. The summed E-state index contributed by atoms with van der Waals surface area (Å²) < 4.78 is 10.5. The van der Waals surface area contributed by atoms with Crippen molar-refractivity contribution in [3.05, 3.63) is 53.6 Å². The van der Waals surface area contributed by atoms with Gasteiger partial charge in [-0.3, -0.25) is 9.59 Å². The van der Waals surface area contributed by atoms with Gasteiger partial charge in [0.1, 0.15) is 11.5 Å². The second-order valence-electron chi connectivity index (χ2n) is 7.58. The van der Waals surface area contributed by atoms with Gasteiger partial charge in [-0.05, 0) is 49.2 Å². The Morgan fingerprint density at radius 1 is 0.933 bits per heavy atom. The molecule has 0 saturated carbocycles. The highest BCUT2D eigenvalue weighted by atomic mass is 16.5. The van der Waals surface area contributed by atoms with Crippen molar-refractivity contribution >= 4 is 17.5 Å². The van der Waals surface area contributed by atoms with Crippen molar-refractivity contribution in [1.82, 2.24) is 10.2 Å². The Balaban J connectivity index is 1.56. The molecular formula is C23H29N3O4. The number of rotatable bonds is 6. The first-order valence-electron chi connectivity index (χ1n) is 10.0. The number of piperidine rings is 1. The van der Waals surface area contributed by atoms with E-state index in [4.69, 9.17) is 9.47 Å². The molecule has 2 aromatic rings. The van der Waals surface area contributed by atoms with Crippen LogP contribution in [0.5, 0.6) is 11.5 Å². The van der Waals surface area contributed by atoms with E-state index >= 15 is 0 Å². The lowest BCUT2D eigenvalue weighted by molar-refractivity contribution is 0.0698. The van der Waals surface area contributed by atoms with Crippen LogP contribution < -0.4 is 19.7 Å². The zero-order valence-electron chi connectivity index (χ0n) is 18.0. The van der Waals surface area contributed by atoms with Crippen molar-refractivity contribution in [2.75, 3.05) is 46.3 Å². The van der Waals surface area contributed by atoms with Crippen molar-refractivity contribution < 1.29 is 19.1 Å². The van der Waals surface area contributed by atoms with Crippen molar-refractivity contribution in [1.29, 1.82) is 0 Å². The Kier molecular flexibility index (Phi) is 6.82. The van der Waals surface area contributed by atoms with Gasteiger partial charge in [-0.15, -0.1) is 0 Å². The molecule has 2 aromatic carbocycles. The predicted octanol–water partition coefficient (Wildman–Crippen LogP) is 2.80. The number of benzene rings is 2. The fourth-order valence-electron chi connectivity index (χ4n) is 3.52. The Bertz CT molecular complexity index is 866. The first kappa shape index (κ1) is 21.5. The Morgan fingerprint density at radius 3 is 2.00 bits per heavy atom. The molecule has 1 fully saturated rings. The van der Waals surface area contributed by atoms with Crippen molar-refractivity contribution in [3.63, 3.8) is 0 Å². The minimum absolute atomic E-state index is 0.0230. The number of anilines is 1. The molecular weight excluding hydrogens is 382 g/mol. The molecule has 1 N–H and O–H groups in total. The maximum Gasteiger partial charge on any atom is 0.253 e. The van der Waals surface area contributed by atoms with Crippen LogP contribution in [0.15, 0.2) is 42.5 Å². The van der Waals surface area contributed by atoms with Crippen LogP contribution in [-0.2, 0) is 0 Å². The van der Waals surface area contributed by atoms with Gasteiger partial charge in [0.15, 0.2) is 0 Å². The molecule has 2 amide bonds. The van der Waals surface area contributed by atoms with E-state index in [2.05, 4.69) is 5.32 Å². The highest BCUT2D eigenvalue weighted by molar-refractivity contribution is 5.96. The molecule has 1 saturated heterocycles. The monoisotopic (exact) mass is 411 g/mol. The molecule has 1 aliphatic rings. The van der Waals surface area contributed by atoms with Crippen LogP contribution in [0, 0.1) is 0 Å². The van der Waals surface area contributed by atoms with Crippen LogP contribution >= 0.6 is 0 Å². The first-order valence-corrected chi connectivity index (χ1v) is 10.0. The molecule has 0 atom stereocenters. The first-order chi connectivity index (χ1) is 14.4. The number of carbonyl (C=O) groups excluding carboxylic acids is 2.